The van der Waals surface area contributed by atoms with Gasteiger partial charge >= 0.3 is 5.77 Å². The van der Waals surface area contributed by atoms with E-state index in [4.69, 9.17) is 4.52 Å². The average Bonchev–Trinajstić information content (AvgIpc) is 2.42. The van der Waals surface area contributed by atoms with Gasteiger partial charge in [0.2, 0.25) is 0 Å². The van der Waals surface area contributed by atoms with Crippen molar-refractivity contribution in [1.82, 2.24) is 0 Å². The van der Waals surface area contributed by atoms with Crippen LogP contribution in [0.3, 0.4) is 0 Å². The minimum absolute atomic E-state index is 0.309. The standard InChI is InChI=1S/C13H17O2PS2/c1-3-10-15-16(14,17-11-4-2)18-12-13-8-6-5-7-9-13/h3-9H,1-2,10-12H2. The molecule has 1 atom stereocenters. The predicted octanol–water partition coefficient (Wildman–Crippen LogP) is 5.15. The smallest absolute Gasteiger partial charge is 0.309 e. The van der Waals surface area contributed by atoms with Gasteiger partial charge < -0.3 is 4.52 Å². The molecule has 1 aromatic rings. The first-order chi connectivity index (χ1) is 8.70. The maximum atomic E-state index is 12.5. The molecule has 5 heteroatoms. The van der Waals surface area contributed by atoms with Gasteiger partial charge in [-0.15, -0.1) is 13.2 Å². The zero-order valence-electron chi connectivity index (χ0n) is 10.2. The molecule has 0 aliphatic heterocycles. The Balaban J connectivity index is 2.57. The number of rotatable bonds is 9. The first-order valence-corrected chi connectivity index (χ1v) is 10.3. The summed E-state index contributed by atoms with van der Waals surface area (Å²) in [6, 6.07) is 9.95. The van der Waals surface area contributed by atoms with Gasteiger partial charge in [0, 0.05) is 11.5 Å². The molecule has 0 saturated carbocycles. The summed E-state index contributed by atoms with van der Waals surface area (Å²) in [5.74, 6) is -1.43. The molecule has 2 nitrogen and oxygen atoms in total. The van der Waals surface area contributed by atoms with Crippen molar-refractivity contribution in [3.05, 3.63) is 61.2 Å². The Labute approximate surface area is 117 Å². The van der Waals surface area contributed by atoms with Crippen molar-refractivity contribution in [3.63, 3.8) is 0 Å². The molecule has 0 aromatic heterocycles. The highest BCUT2D eigenvalue weighted by atomic mass is 33.1. The molecule has 1 unspecified atom stereocenters. The van der Waals surface area contributed by atoms with E-state index in [1.54, 1.807) is 12.2 Å². The van der Waals surface area contributed by atoms with Gasteiger partial charge in [-0.2, -0.15) is 0 Å². The van der Waals surface area contributed by atoms with Crippen LogP contribution in [0.15, 0.2) is 55.6 Å². The highest BCUT2D eigenvalue weighted by Crippen LogP contribution is 2.70. The first kappa shape index (κ1) is 15.6. The molecule has 1 rings (SSSR count). The molecule has 0 N–H and O–H groups in total. The van der Waals surface area contributed by atoms with Crippen LogP contribution in [-0.4, -0.2) is 12.4 Å². The largest absolute Gasteiger partial charge is 0.314 e. The Morgan fingerprint density at radius 1 is 1.17 bits per heavy atom. The lowest BCUT2D eigenvalue weighted by atomic mass is 10.2. The maximum absolute atomic E-state index is 12.5. The number of benzene rings is 1. The lowest BCUT2D eigenvalue weighted by Gasteiger charge is -2.15. The van der Waals surface area contributed by atoms with Crippen LogP contribution in [0.4, 0.5) is 0 Å². The fraction of sp³-hybridized carbons (Fsp3) is 0.231. The third-order valence-electron chi connectivity index (χ3n) is 1.93. The average molecular weight is 300 g/mol. The molecule has 0 fully saturated rings. The maximum Gasteiger partial charge on any atom is 0.314 e. The molecule has 0 aliphatic rings. The minimum atomic E-state index is -2.73. The van der Waals surface area contributed by atoms with Crippen LogP contribution in [-0.2, 0) is 14.8 Å². The Morgan fingerprint density at radius 2 is 1.89 bits per heavy atom. The summed E-state index contributed by atoms with van der Waals surface area (Å²) in [5.41, 5.74) is 1.14. The highest BCUT2D eigenvalue weighted by Gasteiger charge is 2.23. The summed E-state index contributed by atoms with van der Waals surface area (Å²) in [4.78, 5) is 0. The van der Waals surface area contributed by atoms with Crippen LogP contribution in [0.25, 0.3) is 0 Å². The van der Waals surface area contributed by atoms with E-state index in [9.17, 15) is 4.57 Å². The van der Waals surface area contributed by atoms with E-state index in [0.29, 0.717) is 18.1 Å². The van der Waals surface area contributed by atoms with Crippen molar-refractivity contribution in [2.24, 2.45) is 0 Å². The molecule has 0 radical (unpaired) electrons. The molecule has 98 valence electrons. The van der Waals surface area contributed by atoms with Crippen molar-refractivity contribution in [2.75, 3.05) is 12.4 Å². The third kappa shape index (κ3) is 5.96. The van der Waals surface area contributed by atoms with E-state index in [1.807, 2.05) is 30.3 Å². The normalized spacial score (nSPS) is 13.8. The summed E-state index contributed by atoms with van der Waals surface area (Å²) in [7, 11) is 0. The second-order valence-corrected chi connectivity index (χ2v) is 10.8. The van der Waals surface area contributed by atoms with Gasteiger partial charge in [0.05, 0.1) is 6.61 Å². The van der Waals surface area contributed by atoms with Crippen LogP contribution in [0, 0.1) is 0 Å². The van der Waals surface area contributed by atoms with Gasteiger partial charge in [-0.1, -0.05) is 65.2 Å². The zero-order valence-corrected chi connectivity index (χ0v) is 12.7. The van der Waals surface area contributed by atoms with Gasteiger partial charge in [0.25, 0.3) is 0 Å². The van der Waals surface area contributed by atoms with Crippen LogP contribution in [0.1, 0.15) is 5.56 Å². The summed E-state index contributed by atoms with van der Waals surface area (Å²) in [6.07, 6.45) is 3.35. The van der Waals surface area contributed by atoms with Crippen LogP contribution in [0.2, 0.25) is 0 Å². The Hall–Kier alpha value is -0.410. The van der Waals surface area contributed by atoms with E-state index < -0.39 is 5.77 Å². The Kier molecular flexibility index (Phi) is 7.52. The van der Waals surface area contributed by atoms with Crippen molar-refractivity contribution >= 4 is 28.5 Å². The monoisotopic (exact) mass is 300 g/mol. The van der Waals surface area contributed by atoms with Crippen LogP contribution in [0.5, 0.6) is 0 Å². The molecule has 0 spiro atoms. The fourth-order valence-electron chi connectivity index (χ4n) is 1.13. The second-order valence-electron chi connectivity index (χ2n) is 3.38. The third-order valence-corrected chi connectivity index (χ3v) is 9.14. The molecule has 0 aliphatic carbocycles. The summed E-state index contributed by atoms with van der Waals surface area (Å²) >= 11 is 2.67. The molecule has 1 aromatic carbocycles. The molecule has 0 amide bonds. The van der Waals surface area contributed by atoms with Gasteiger partial charge in [-0.05, 0) is 5.56 Å². The van der Waals surface area contributed by atoms with Crippen molar-refractivity contribution in [3.8, 4) is 0 Å². The summed E-state index contributed by atoms with van der Waals surface area (Å²) < 4.78 is 17.9. The van der Waals surface area contributed by atoms with Crippen molar-refractivity contribution < 1.29 is 9.09 Å². The number of hydrogen-bond acceptors (Lipinski definition) is 4. The molecule has 0 saturated heterocycles. The molecular weight excluding hydrogens is 283 g/mol. The Bertz CT molecular complexity index is 404. The van der Waals surface area contributed by atoms with Gasteiger partial charge in [0.1, 0.15) is 0 Å². The zero-order chi connectivity index (χ0) is 13.3. The van der Waals surface area contributed by atoms with Gasteiger partial charge in [-0.25, -0.2) is 0 Å². The van der Waals surface area contributed by atoms with E-state index in [-0.39, 0.29) is 0 Å². The van der Waals surface area contributed by atoms with E-state index in [0.717, 1.165) is 5.56 Å². The predicted molar refractivity (Wildman–Crippen MR) is 84.1 cm³/mol. The summed E-state index contributed by atoms with van der Waals surface area (Å²) in [6.45, 7) is 7.52. The summed E-state index contributed by atoms with van der Waals surface area (Å²) in [5, 5.41) is 0. The lowest BCUT2D eigenvalue weighted by molar-refractivity contribution is 0.379. The van der Waals surface area contributed by atoms with E-state index in [2.05, 4.69) is 13.2 Å². The Morgan fingerprint density at radius 3 is 2.50 bits per heavy atom. The first-order valence-electron chi connectivity index (χ1n) is 5.49. The molecule has 18 heavy (non-hydrogen) atoms. The molecule has 0 bridgehead atoms. The SMILES string of the molecule is C=CCOP(=O)(SCC=C)SCc1ccccc1. The number of hydrogen-bond donors (Lipinski definition) is 0. The fourth-order valence-corrected chi connectivity index (χ4v) is 6.94. The van der Waals surface area contributed by atoms with Crippen molar-refractivity contribution in [1.29, 1.82) is 0 Å². The van der Waals surface area contributed by atoms with Crippen molar-refractivity contribution in [2.45, 2.75) is 5.75 Å². The topological polar surface area (TPSA) is 26.3 Å². The highest BCUT2D eigenvalue weighted by molar-refractivity contribution is 8.89. The van der Waals surface area contributed by atoms with Gasteiger partial charge in [0.15, 0.2) is 0 Å². The second kappa shape index (κ2) is 8.65. The van der Waals surface area contributed by atoms with E-state index >= 15 is 0 Å². The van der Waals surface area contributed by atoms with Gasteiger partial charge in [-0.3, -0.25) is 4.57 Å². The quantitative estimate of drug-likeness (QED) is 0.465. The molecule has 0 heterocycles. The lowest BCUT2D eigenvalue weighted by Crippen LogP contribution is -1.87. The van der Waals surface area contributed by atoms with Crippen LogP contribution < -0.4 is 0 Å². The molecular formula is C13H17O2PS2. The van der Waals surface area contributed by atoms with Crippen LogP contribution >= 0.6 is 28.5 Å². The minimum Gasteiger partial charge on any atom is -0.309 e. The van der Waals surface area contributed by atoms with E-state index in [1.165, 1.54) is 22.8 Å².